The SMILES string of the molecule is CCN(C(=O)Cn1c(CCCCCNC(=O)Cc2ccccc2)nc2ccccc21)c1ccccc1. The van der Waals surface area contributed by atoms with Gasteiger partial charge in [-0.2, -0.15) is 0 Å². The minimum atomic E-state index is 0.0502. The molecule has 0 aliphatic heterocycles. The molecule has 0 aliphatic carbocycles. The normalized spacial score (nSPS) is 10.9. The first-order valence-electron chi connectivity index (χ1n) is 12.8. The Morgan fingerprint density at radius 2 is 1.56 bits per heavy atom. The van der Waals surface area contributed by atoms with Gasteiger partial charge in [0, 0.05) is 25.2 Å². The smallest absolute Gasteiger partial charge is 0.246 e. The number of nitrogens with zero attached hydrogens (tertiary/aromatic N) is 3. The second-order valence-corrected chi connectivity index (χ2v) is 8.90. The van der Waals surface area contributed by atoms with Crippen LogP contribution in [0.1, 0.15) is 37.6 Å². The van der Waals surface area contributed by atoms with Crippen molar-refractivity contribution in [1.82, 2.24) is 14.9 Å². The molecule has 1 aromatic heterocycles. The lowest BCUT2D eigenvalue weighted by Crippen LogP contribution is -2.34. The number of carbonyl (C=O) groups excluding carboxylic acids is 2. The standard InChI is InChI=1S/C30H34N4O2/c1-2-33(25-16-8-4-9-17-25)30(36)23-34-27-19-12-11-18-26(27)32-28(34)20-10-5-13-21-31-29(35)22-24-14-6-3-7-15-24/h3-4,6-9,11-12,14-19H,2,5,10,13,20-23H2,1H3,(H,31,35). The third-order valence-electron chi connectivity index (χ3n) is 6.32. The monoisotopic (exact) mass is 482 g/mol. The highest BCUT2D eigenvalue weighted by Gasteiger charge is 2.18. The molecule has 0 saturated heterocycles. The molecule has 4 rings (SSSR count). The Balaban J connectivity index is 1.32. The van der Waals surface area contributed by atoms with Crippen LogP contribution in [-0.2, 0) is 29.0 Å². The van der Waals surface area contributed by atoms with Gasteiger partial charge in [-0.3, -0.25) is 9.59 Å². The van der Waals surface area contributed by atoms with Crippen LogP contribution in [0.2, 0.25) is 0 Å². The first kappa shape index (κ1) is 25.2. The number of para-hydroxylation sites is 3. The largest absolute Gasteiger partial charge is 0.356 e. The summed E-state index contributed by atoms with van der Waals surface area (Å²) >= 11 is 0. The van der Waals surface area contributed by atoms with Crippen molar-refractivity contribution < 1.29 is 9.59 Å². The lowest BCUT2D eigenvalue weighted by Gasteiger charge is -2.22. The summed E-state index contributed by atoms with van der Waals surface area (Å²) in [5, 5.41) is 3.01. The van der Waals surface area contributed by atoms with Crippen molar-refractivity contribution >= 4 is 28.5 Å². The molecule has 0 radical (unpaired) electrons. The molecule has 0 spiro atoms. The summed E-state index contributed by atoms with van der Waals surface area (Å²) in [5.74, 6) is 1.04. The third-order valence-corrected chi connectivity index (χ3v) is 6.32. The van der Waals surface area contributed by atoms with E-state index in [1.165, 1.54) is 0 Å². The van der Waals surface area contributed by atoms with Gasteiger partial charge in [0.2, 0.25) is 11.8 Å². The van der Waals surface area contributed by atoms with Crippen LogP contribution in [0.15, 0.2) is 84.9 Å². The van der Waals surface area contributed by atoms with Crippen LogP contribution in [0, 0.1) is 0 Å². The van der Waals surface area contributed by atoms with Crippen LogP contribution in [0.5, 0.6) is 0 Å². The molecule has 3 aromatic carbocycles. The Labute approximate surface area is 213 Å². The van der Waals surface area contributed by atoms with E-state index in [4.69, 9.17) is 4.98 Å². The predicted molar refractivity (Wildman–Crippen MR) is 145 cm³/mol. The summed E-state index contributed by atoms with van der Waals surface area (Å²) in [6, 6.07) is 27.6. The second kappa shape index (κ2) is 12.7. The van der Waals surface area contributed by atoms with Crippen LogP contribution >= 0.6 is 0 Å². The molecule has 1 heterocycles. The van der Waals surface area contributed by atoms with Crippen molar-refractivity contribution in [3.8, 4) is 0 Å². The third kappa shape index (κ3) is 6.60. The van der Waals surface area contributed by atoms with E-state index in [1.807, 2.05) is 96.8 Å². The average Bonchev–Trinajstić information content (AvgIpc) is 3.25. The molecule has 6 heteroatoms. The van der Waals surface area contributed by atoms with Crippen molar-refractivity contribution in [1.29, 1.82) is 0 Å². The molecular formula is C30H34N4O2. The summed E-state index contributed by atoms with van der Waals surface area (Å²) in [6.07, 6.45) is 4.04. The number of carbonyl (C=O) groups is 2. The Morgan fingerprint density at radius 3 is 2.31 bits per heavy atom. The van der Waals surface area contributed by atoms with Gasteiger partial charge in [-0.05, 0) is 49.6 Å². The second-order valence-electron chi connectivity index (χ2n) is 8.90. The summed E-state index contributed by atoms with van der Waals surface area (Å²) in [6.45, 7) is 3.54. The minimum Gasteiger partial charge on any atom is -0.356 e. The molecular weight excluding hydrogens is 448 g/mol. The van der Waals surface area contributed by atoms with Gasteiger partial charge in [0.25, 0.3) is 0 Å². The maximum Gasteiger partial charge on any atom is 0.246 e. The molecule has 0 bridgehead atoms. The van der Waals surface area contributed by atoms with E-state index in [9.17, 15) is 9.59 Å². The van der Waals surface area contributed by atoms with Gasteiger partial charge < -0.3 is 14.8 Å². The van der Waals surface area contributed by atoms with Crippen molar-refractivity contribution in [2.75, 3.05) is 18.0 Å². The lowest BCUT2D eigenvalue weighted by atomic mass is 10.1. The van der Waals surface area contributed by atoms with Gasteiger partial charge in [-0.25, -0.2) is 4.98 Å². The number of benzene rings is 3. The number of imidazole rings is 1. The van der Waals surface area contributed by atoms with Crippen LogP contribution in [0.4, 0.5) is 5.69 Å². The van der Waals surface area contributed by atoms with Crippen LogP contribution in [-0.4, -0.2) is 34.5 Å². The van der Waals surface area contributed by atoms with Crippen LogP contribution in [0.25, 0.3) is 11.0 Å². The average molecular weight is 483 g/mol. The van der Waals surface area contributed by atoms with Crippen molar-refractivity contribution in [2.45, 2.75) is 45.6 Å². The number of unbranched alkanes of at least 4 members (excludes halogenated alkanes) is 2. The quantitative estimate of drug-likeness (QED) is 0.284. The van der Waals surface area contributed by atoms with E-state index in [2.05, 4.69) is 9.88 Å². The summed E-state index contributed by atoms with van der Waals surface area (Å²) in [4.78, 5) is 32.1. The van der Waals surface area contributed by atoms with E-state index in [1.54, 1.807) is 0 Å². The van der Waals surface area contributed by atoms with E-state index < -0.39 is 0 Å². The van der Waals surface area contributed by atoms with Crippen molar-refractivity contribution in [3.05, 3.63) is 96.3 Å². The number of amides is 2. The molecule has 0 fully saturated rings. The minimum absolute atomic E-state index is 0.0502. The first-order valence-corrected chi connectivity index (χ1v) is 12.8. The maximum atomic E-state index is 13.3. The van der Waals surface area contributed by atoms with E-state index in [-0.39, 0.29) is 18.4 Å². The fraction of sp³-hybridized carbons (Fsp3) is 0.300. The highest BCUT2D eigenvalue weighted by molar-refractivity contribution is 5.94. The number of hydrogen-bond donors (Lipinski definition) is 1. The topological polar surface area (TPSA) is 67.2 Å². The summed E-state index contributed by atoms with van der Waals surface area (Å²) < 4.78 is 2.06. The summed E-state index contributed by atoms with van der Waals surface area (Å²) in [5.41, 5.74) is 3.83. The molecule has 4 aromatic rings. The zero-order valence-electron chi connectivity index (χ0n) is 20.9. The first-order chi connectivity index (χ1) is 17.7. The molecule has 36 heavy (non-hydrogen) atoms. The highest BCUT2D eigenvalue weighted by atomic mass is 16.2. The van der Waals surface area contributed by atoms with E-state index >= 15 is 0 Å². The molecule has 6 nitrogen and oxygen atoms in total. The van der Waals surface area contributed by atoms with Gasteiger partial charge in [0.05, 0.1) is 17.5 Å². The number of likely N-dealkylation sites (N-methyl/N-ethyl adjacent to an activating group) is 1. The van der Waals surface area contributed by atoms with Crippen molar-refractivity contribution in [3.63, 3.8) is 0 Å². The highest BCUT2D eigenvalue weighted by Crippen LogP contribution is 2.20. The number of hydrogen-bond acceptors (Lipinski definition) is 3. The molecule has 2 amide bonds. The number of aryl methyl sites for hydroxylation is 1. The molecule has 0 aliphatic rings. The number of nitrogens with one attached hydrogen (secondary N) is 1. The van der Waals surface area contributed by atoms with E-state index in [0.717, 1.165) is 53.8 Å². The maximum absolute atomic E-state index is 13.3. The number of anilines is 1. The van der Waals surface area contributed by atoms with Gasteiger partial charge in [0.15, 0.2) is 0 Å². The molecule has 0 unspecified atom stereocenters. The summed E-state index contributed by atoms with van der Waals surface area (Å²) in [7, 11) is 0. The Bertz CT molecular complexity index is 1270. The zero-order chi connectivity index (χ0) is 25.2. The van der Waals surface area contributed by atoms with Gasteiger partial charge >= 0.3 is 0 Å². The number of rotatable bonds is 12. The van der Waals surface area contributed by atoms with Crippen LogP contribution < -0.4 is 10.2 Å². The zero-order valence-corrected chi connectivity index (χ0v) is 20.9. The Hall–Kier alpha value is -3.93. The fourth-order valence-corrected chi connectivity index (χ4v) is 4.48. The van der Waals surface area contributed by atoms with Gasteiger partial charge in [-0.1, -0.05) is 67.1 Å². The van der Waals surface area contributed by atoms with Crippen LogP contribution in [0.3, 0.4) is 0 Å². The molecule has 0 atom stereocenters. The van der Waals surface area contributed by atoms with Gasteiger partial charge in [0.1, 0.15) is 12.4 Å². The van der Waals surface area contributed by atoms with Gasteiger partial charge in [-0.15, -0.1) is 0 Å². The molecule has 1 N–H and O–H groups in total. The molecule has 186 valence electrons. The lowest BCUT2D eigenvalue weighted by molar-refractivity contribution is -0.120. The Morgan fingerprint density at radius 1 is 0.861 bits per heavy atom. The Kier molecular flexibility index (Phi) is 8.87. The number of aromatic nitrogens is 2. The van der Waals surface area contributed by atoms with Crippen molar-refractivity contribution in [2.24, 2.45) is 0 Å². The molecule has 0 saturated carbocycles. The fourth-order valence-electron chi connectivity index (χ4n) is 4.48. The number of fused-ring (bicyclic) bond motifs is 1. The predicted octanol–water partition coefficient (Wildman–Crippen LogP) is 5.16. The van der Waals surface area contributed by atoms with E-state index in [0.29, 0.717) is 19.5 Å².